The zero-order chi connectivity index (χ0) is 18.9. The molecule has 1 heterocycles. The summed E-state index contributed by atoms with van der Waals surface area (Å²) in [6, 6.07) is 4.61. The smallest absolute Gasteiger partial charge is 0.341 e. The van der Waals surface area contributed by atoms with Crippen molar-refractivity contribution < 1.29 is 24.0 Å². The highest BCUT2D eigenvalue weighted by molar-refractivity contribution is 6.32. The Bertz CT molecular complexity index is 763. The van der Waals surface area contributed by atoms with Crippen molar-refractivity contribution in [2.75, 3.05) is 11.9 Å². The Labute approximate surface area is 155 Å². The first kappa shape index (κ1) is 19.7. The molecule has 0 atom stereocenters. The Morgan fingerprint density at radius 1 is 1.35 bits per heavy atom. The Morgan fingerprint density at radius 3 is 2.85 bits per heavy atom. The van der Waals surface area contributed by atoms with Crippen LogP contribution in [0.4, 0.5) is 5.69 Å². The molecule has 1 aromatic carbocycles. The van der Waals surface area contributed by atoms with Crippen LogP contribution in [0.3, 0.4) is 0 Å². The second-order valence-electron chi connectivity index (χ2n) is 5.58. The van der Waals surface area contributed by atoms with Crippen molar-refractivity contribution in [1.29, 1.82) is 0 Å². The highest BCUT2D eigenvalue weighted by Gasteiger charge is 2.10. The molecule has 0 spiro atoms. The van der Waals surface area contributed by atoms with E-state index < -0.39 is 12.6 Å². The van der Waals surface area contributed by atoms with Crippen molar-refractivity contribution in [3.8, 4) is 5.75 Å². The fourth-order valence-corrected chi connectivity index (χ4v) is 2.41. The molecular formula is C17H20ClN3O5. The zero-order valence-corrected chi connectivity index (χ0v) is 15.1. The molecule has 1 aromatic heterocycles. The third-order valence-corrected chi connectivity index (χ3v) is 3.64. The number of aryl methyl sites for hydroxylation is 2. The predicted molar refractivity (Wildman–Crippen MR) is 94.4 cm³/mol. The van der Waals surface area contributed by atoms with Gasteiger partial charge in [0.05, 0.1) is 5.02 Å². The predicted octanol–water partition coefficient (Wildman–Crippen LogP) is 3.10. The van der Waals surface area contributed by atoms with Crippen LogP contribution in [0.15, 0.2) is 22.7 Å². The number of ether oxygens (including phenoxy) is 1. The molecule has 0 unspecified atom stereocenters. The summed E-state index contributed by atoms with van der Waals surface area (Å²) in [5, 5.41) is 15.4. The molecule has 0 bridgehead atoms. The van der Waals surface area contributed by atoms with Gasteiger partial charge in [0.2, 0.25) is 11.8 Å². The number of carbonyl (C=O) groups excluding carboxylic acids is 1. The topological polar surface area (TPSA) is 115 Å². The summed E-state index contributed by atoms with van der Waals surface area (Å²) in [7, 11) is 0. The highest BCUT2D eigenvalue weighted by Crippen LogP contribution is 2.27. The van der Waals surface area contributed by atoms with Gasteiger partial charge in [-0.3, -0.25) is 4.79 Å². The van der Waals surface area contributed by atoms with Gasteiger partial charge in [0.1, 0.15) is 5.75 Å². The molecule has 0 aliphatic carbocycles. The maximum Gasteiger partial charge on any atom is 0.341 e. The largest absolute Gasteiger partial charge is 0.480 e. The number of aromatic nitrogens is 2. The number of carboxylic acids is 1. The minimum absolute atomic E-state index is 0.173. The number of hydrogen-bond donors (Lipinski definition) is 2. The second-order valence-corrected chi connectivity index (χ2v) is 5.99. The van der Waals surface area contributed by atoms with E-state index in [1.165, 1.54) is 12.1 Å². The molecule has 8 nitrogen and oxygen atoms in total. The van der Waals surface area contributed by atoms with Gasteiger partial charge < -0.3 is 19.7 Å². The molecule has 0 aliphatic heterocycles. The van der Waals surface area contributed by atoms with Crippen LogP contribution in [0, 0.1) is 0 Å². The van der Waals surface area contributed by atoms with E-state index in [0.29, 0.717) is 36.7 Å². The van der Waals surface area contributed by atoms with Gasteiger partial charge in [0.25, 0.3) is 0 Å². The van der Waals surface area contributed by atoms with Crippen molar-refractivity contribution in [2.24, 2.45) is 0 Å². The molecule has 0 fully saturated rings. The van der Waals surface area contributed by atoms with Gasteiger partial charge in [-0.1, -0.05) is 23.7 Å². The Hall–Kier alpha value is -2.61. The molecular weight excluding hydrogens is 362 g/mol. The molecule has 0 saturated carbocycles. The average Bonchev–Trinajstić information content (AvgIpc) is 3.02. The fourth-order valence-electron chi connectivity index (χ4n) is 2.18. The molecule has 2 rings (SSSR count). The maximum atomic E-state index is 12.0. The summed E-state index contributed by atoms with van der Waals surface area (Å²) in [4.78, 5) is 26.7. The molecule has 140 valence electrons. The highest BCUT2D eigenvalue weighted by atomic mass is 35.5. The zero-order valence-electron chi connectivity index (χ0n) is 14.3. The van der Waals surface area contributed by atoms with E-state index in [-0.39, 0.29) is 16.7 Å². The second kappa shape index (κ2) is 9.76. The number of carboxylic acid groups (broad SMARTS) is 1. The third-order valence-electron chi connectivity index (χ3n) is 3.35. The Morgan fingerprint density at radius 2 is 2.15 bits per heavy atom. The molecule has 2 aromatic rings. The van der Waals surface area contributed by atoms with Crippen molar-refractivity contribution in [2.45, 2.75) is 39.0 Å². The number of amides is 1. The van der Waals surface area contributed by atoms with E-state index in [4.69, 9.17) is 26.0 Å². The van der Waals surface area contributed by atoms with E-state index >= 15 is 0 Å². The number of hydrogen-bond acceptors (Lipinski definition) is 6. The summed E-state index contributed by atoms with van der Waals surface area (Å²) < 4.78 is 10.1. The third kappa shape index (κ3) is 6.36. The van der Waals surface area contributed by atoms with Crippen molar-refractivity contribution in [3.63, 3.8) is 0 Å². The Kier molecular flexibility index (Phi) is 7.40. The summed E-state index contributed by atoms with van der Waals surface area (Å²) >= 11 is 6.01. The van der Waals surface area contributed by atoms with Gasteiger partial charge in [-0.2, -0.15) is 4.98 Å². The number of rotatable bonds is 10. The first-order valence-corrected chi connectivity index (χ1v) is 8.61. The van der Waals surface area contributed by atoms with Crippen LogP contribution in [-0.4, -0.2) is 33.7 Å². The first-order valence-electron chi connectivity index (χ1n) is 8.23. The summed E-state index contributed by atoms with van der Waals surface area (Å²) in [6.07, 6.45) is 3.13. The van der Waals surface area contributed by atoms with Gasteiger partial charge in [0.15, 0.2) is 12.4 Å². The monoisotopic (exact) mass is 381 g/mol. The van der Waals surface area contributed by atoms with Crippen LogP contribution in [0.25, 0.3) is 0 Å². The first-order chi connectivity index (χ1) is 12.5. The summed E-state index contributed by atoms with van der Waals surface area (Å²) in [5.41, 5.74) is 0.505. The number of benzene rings is 1. The van der Waals surface area contributed by atoms with Gasteiger partial charge in [-0.05, 0) is 31.0 Å². The summed E-state index contributed by atoms with van der Waals surface area (Å²) in [6.45, 7) is 1.55. The number of nitrogens with zero attached hydrogens (tertiary/aromatic N) is 2. The van der Waals surface area contributed by atoms with Crippen molar-refractivity contribution in [1.82, 2.24) is 10.1 Å². The van der Waals surface area contributed by atoms with Crippen LogP contribution in [0.5, 0.6) is 5.75 Å². The number of aliphatic carboxylic acids is 1. The quantitative estimate of drug-likeness (QED) is 0.649. The normalized spacial score (nSPS) is 10.5. The van der Waals surface area contributed by atoms with Crippen molar-refractivity contribution in [3.05, 3.63) is 34.9 Å². The molecule has 0 aliphatic rings. The number of carbonyl (C=O) groups is 2. The van der Waals surface area contributed by atoms with Crippen LogP contribution >= 0.6 is 11.6 Å². The molecule has 0 radical (unpaired) electrons. The van der Waals surface area contributed by atoms with E-state index in [1.807, 2.05) is 6.92 Å². The lowest BCUT2D eigenvalue weighted by Crippen LogP contribution is -2.12. The number of nitrogens with one attached hydrogen (secondary N) is 1. The lowest BCUT2D eigenvalue weighted by Gasteiger charge is -2.09. The molecule has 26 heavy (non-hydrogen) atoms. The molecule has 2 N–H and O–H groups in total. The van der Waals surface area contributed by atoms with Crippen LogP contribution in [0.1, 0.15) is 37.9 Å². The van der Waals surface area contributed by atoms with Gasteiger partial charge in [-0.25, -0.2) is 4.79 Å². The fraction of sp³-hybridized carbons (Fsp3) is 0.412. The minimum atomic E-state index is -1.10. The Balaban J connectivity index is 1.78. The average molecular weight is 382 g/mol. The lowest BCUT2D eigenvalue weighted by molar-refractivity contribution is -0.139. The van der Waals surface area contributed by atoms with E-state index in [9.17, 15) is 9.59 Å². The SMILES string of the molecule is CCCc1noc(CCCC(=O)Nc2ccc(OCC(=O)O)c(Cl)c2)n1. The van der Waals surface area contributed by atoms with Gasteiger partial charge >= 0.3 is 5.97 Å². The van der Waals surface area contributed by atoms with E-state index in [1.54, 1.807) is 6.07 Å². The maximum absolute atomic E-state index is 12.0. The summed E-state index contributed by atoms with van der Waals surface area (Å²) in [5.74, 6) is 0.192. The number of halogens is 1. The van der Waals surface area contributed by atoms with Crippen LogP contribution < -0.4 is 10.1 Å². The minimum Gasteiger partial charge on any atom is -0.480 e. The van der Waals surface area contributed by atoms with Crippen molar-refractivity contribution >= 4 is 29.2 Å². The molecule has 9 heteroatoms. The van der Waals surface area contributed by atoms with Gasteiger partial charge in [-0.15, -0.1) is 0 Å². The van der Waals surface area contributed by atoms with Gasteiger partial charge in [0, 0.05) is 24.9 Å². The van der Waals surface area contributed by atoms with Crippen LogP contribution in [-0.2, 0) is 22.4 Å². The van der Waals surface area contributed by atoms with E-state index in [2.05, 4.69) is 15.5 Å². The van der Waals surface area contributed by atoms with E-state index in [0.717, 1.165) is 12.8 Å². The number of anilines is 1. The standard InChI is InChI=1S/C17H20ClN3O5/c1-2-4-14-20-16(26-21-14)6-3-5-15(22)19-11-7-8-13(12(18)9-11)25-10-17(23)24/h7-9H,2-6,10H2,1H3,(H,19,22)(H,23,24). The molecule has 1 amide bonds. The lowest BCUT2D eigenvalue weighted by atomic mass is 10.2. The molecule has 0 saturated heterocycles. The van der Waals surface area contributed by atoms with Crippen LogP contribution in [0.2, 0.25) is 5.02 Å².